The first kappa shape index (κ1) is 35.0. The Morgan fingerprint density at radius 2 is 1.47 bits per heavy atom. The van der Waals surface area contributed by atoms with E-state index in [4.69, 9.17) is 11.0 Å². The number of fused-ring (bicyclic) bond motifs is 1. The molecule has 7 N–H and O–H groups in total. The summed E-state index contributed by atoms with van der Waals surface area (Å²) in [4.78, 5) is 4.83. The summed E-state index contributed by atoms with van der Waals surface area (Å²) < 4.78 is 98.6. The van der Waals surface area contributed by atoms with Crippen LogP contribution in [0.15, 0.2) is 102 Å². The Kier molecular flexibility index (Phi) is 10.1. The summed E-state index contributed by atoms with van der Waals surface area (Å²) in [5.41, 5.74) is 4.81. The number of aromatic hydroxyl groups is 1. The minimum Gasteiger partial charge on any atom is -0.505 e. The molecule has 0 aliphatic carbocycles. The van der Waals surface area contributed by atoms with Crippen LogP contribution in [0.3, 0.4) is 0 Å². The Hall–Kier alpha value is -5.27. The zero-order valence-electron chi connectivity index (χ0n) is 23.8. The topological polar surface area (TPSA) is 281 Å². The quantitative estimate of drug-likeness (QED) is 0.0120. The van der Waals surface area contributed by atoms with Gasteiger partial charge in [-0.25, -0.2) is 5.26 Å². The van der Waals surface area contributed by atoms with Crippen molar-refractivity contribution >= 4 is 83.0 Å². The number of azo groups is 2. The normalized spacial score (nSPS) is 12.3. The predicted molar refractivity (Wildman–Crippen MR) is 167 cm³/mol. The van der Waals surface area contributed by atoms with Gasteiger partial charge >= 0.3 is 6.08 Å². The molecule has 1 heterocycles. The minimum absolute atomic E-state index is 0.00710. The predicted octanol–water partition coefficient (Wildman–Crippen LogP) is 6.69. The standard InChI is InChI=1S/C26H18F2N8O10S3/c27-21-11-22(32-26(28)31-21)30-12-5-8-20(49(42,43)44)17(9-12)34-35-23-14-10-18(47-46-45-38)24(25(37)13(14)6-7-15(23)29)36-33-16-3-1-2-4-19(16)48(39,40)41/h1-11,37-38H,29H2,(H,30,31,32)(H,39,40,41)(H,42,43,44)/b35-34+,36-33+. The Bertz CT molecular complexity index is 2360. The molecule has 0 atom stereocenters. The molecule has 5 aromatic rings. The van der Waals surface area contributed by atoms with Gasteiger partial charge in [0.15, 0.2) is 5.75 Å². The minimum atomic E-state index is -4.90. The highest BCUT2D eigenvalue weighted by molar-refractivity contribution is 7.94. The van der Waals surface area contributed by atoms with Crippen LogP contribution >= 0.6 is 12.0 Å². The van der Waals surface area contributed by atoms with Gasteiger partial charge in [0.2, 0.25) is 5.95 Å². The first-order valence-corrected chi connectivity index (χ1v) is 16.5. The molecule has 0 bridgehead atoms. The van der Waals surface area contributed by atoms with E-state index >= 15 is 0 Å². The van der Waals surface area contributed by atoms with Crippen molar-refractivity contribution in [1.29, 1.82) is 0 Å². The first-order chi connectivity index (χ1) is 23.2. The van der Waals surface area contributed by atoms with Crippen molar-refractivity contribution in [3.05, 3.63) is 78.8 Å². The number of rotatable bonds is 11. The van der Waals surface area contributed by atoms with Gasteiger partial charge in [0.05, 0.1) is 22.6 Å². The number of phenols is 1. The van der Waals surface area contributed by atoms with Crippen molar-refractivity contribution in [2.75, 3.05) is 11.1 Å². The number of nitrogens with two attached hydrogens (primary N) is 1. The van der Waals surface area contributed by atoms with Crippen LogP contribution < -0.4 is 11.1 Å². The molecule has 0 spiro atoms. The third-order valence-corrected chi connectivity index (χ3v) is 8.65. The summed E-state index contributed by atoms with van der Waals surface area (Å²) in [5.74, 6) is -2.13. The smallest absolute Gasteiger partial charge is 0.313 e. The van der Waals surface area contributed by atoms with Crippen molar-refractivity contribution in [3.8, 4) is 5.75 Å². The van der Waals surface area contributed by atoms with Crippen LogP contribution in [0.4, 0.5) is 48.7 Å². The summed E-state index contributed by atoms with van der Waals surface area (Å²) in [6.45, 7) is 0. The van der Waals surface area contributed by atoms with Gasteiger partial charge in [-0.3, -0.25) is 9.11 Å². The van der Waals surface area contributed by atoms with Crippen LogP contribution in [0.2, 0.25) is 0 Å². The fourth-order valence-corrected chi connectivity index (χ4v) is 5.92. The molecule has 0 saturated carbocycles. The molecule has 23 heteroatoms. The number of halogens is 2. The van der Waals surface area contributed by atoms with Crippen molar-refractivity contribution in [2.24, 2.45) is 20.5 Å². The number of hydrogen-bond donors (Lipinski definition) is 6. The summed E-state index contributed by atoms with van der Waals surface area (Å²) >= 11 is 0.310. The van der Waals surface area contributed by atoms with E-state index in [1.54, 1.807) is 0 Å². The lowest BCUT2D eigenvalue weighted by Gasteiger charge is -2.12. The molecule has 0 unspecified atom stereocenters. The number of nitrogen functional groups attached to an aromatic ring is 1. The van der Waals surface area contributed by atoms with Crippen molar-refractivity contribution in [2.45, 2.75) is 14.7 Å². The molecule has 5 rings (SSSR count). The lowest BCUT2D eigenvalue weighted by molar-refractivity contribution is -0.432. The van der Waals surface area contributed by atoms with E-state index in [9.17, 15) is 39.8 Å². The number of phenolic OH excluding ortho intramolecular Hbond substituents is 1. The Morgan fingerprint density at radius 1 is 0.796 bits per heavy atom. The van der Waals surface area contributed by atoms with Gasteiger partial charge in [0.25, 0.3) is 20.2 Å². The van der Waals surface area contributed by atoms with Gasteiger partial charge in [-0.2, -0.15) is 35.6 Å². The number of anilines is 3. The van der Waals surface area contributed by atoms with Crippen LogP contribution in [-0.4, -0.2) is 46.3 Å². The van der Waals surface area contributed by atoms with Gasteiger partial charge in [0, 0.05) is 22.5 Å². The molecule has 0 saturated heterocycles. The van der Waals surface area contributed by atoms with Gasteiger partial charge in [-0.05, 0) is 48.5 Å². The van der Waals surface area contributed by atoms with E-state index in [0.717, 1.165) is 30.3 Å². The third kappa shape index (κ3) is 8.07. The van der Waals surface area contributed by atoms with E-state index in [0.29, 0.717) is 12.0 Å². The molecule has 254 valence electrons. The Morgan fingerprint density at radius 3 is 2.16 bits per heavy atom. The number of nitrogens with one attached hydrogen (secondary N) is 1. The molecule has 49 heavy (non-hydrogen) atoms. The molecule has 0 amide bonds. The fraction of sp³-hybridized carbons (Fsp3) is 0. The number of aromatic nitrogens is 2. The van der Waals surface area contributed by atoms with Crippen molar-refractivity contribution in [1.82, 2.24) is 9.97 Å². The zero-order chi connectivity index (χ0) is 35.5. The van der Waals surface area contributed by atoms with Crippen LogP contribution in [0, 0.1) is 12.0 Å². The average Bonchev–Trinajstić information content (AvgIpc) is 3.01. The monoisotopic (exact) mass is 736 g/mol. The highest BCUT2D eigenvalue weighted by atomic mass is 32.2. The summed E-state index contributed by atoms with van der Waals surface area (Å²) in [5, 5.41) is 41.9. The molecular weight excluding hydrogens is 719 g/mol. The van der Waals surface area contributed by atoms with Crippen LogP contribution in [0.25, 0.3) is 10.8 Å². The molecule has 4 aromatic carbocycles. The highest BCUT2D eigenvalue weighted by Crippen LogP contribution is 2.48. The molecule has 1 aromatic heterocycles. The molecule has 18 nitrogen and oxygen atoms in total. The SMILES string of the molecule is Nc1ccc2c(O)c(/N=N/c3ccccc3S(=O)(=O)O)c(SOOO)cc2c1/N=N/c1cc(Nc2cc(F)nc(F)n2)ccc1S(=O)(=O)O. The number of hydrogen-bond acceptors (Lipinski definition) is 17. The summed E-state index contributed by atoms with van der Waals surface area (Å²) in [7, 11) is -9.61. The second kappa shape index (κ2) is 14.1. The number of benzene rings is 4. The molecule has 0 aliphatic heterocycles. The van der Waals surface area contributed by atoms with Crippen molar-refractivity contribution < 1.29 is 54.5 Å². The van der Waals surface area contributed by atoms with Crippen molar-refractivity contribution in [3.63, 3.8) is 0 Å². The molecular formula is C26H18F2N8O10S3. The fourth-order valence-electron chi connectivity index (χ4n) is 4.20. The van der Waals surface area contributed by atoms with Gasteiger partial charge in [0.1, 0.15) is 38.4 Å². The summed E-state index contributed by atoms with van der Waals surface area (Å²) in [6.07, 6.45) is -1.38. The Labute approximate surface area is 277 Å². The van der Waals surface area contributed by atoms with E-state index in [1.807, 2.05) is 0 Å². The summed E-state index contributed by atoms with van der Waals surface area (Å²) in [6, 6.07) is 12.8. The Balaban J connectivity index is 1.63. The van der Waals surface area contributed by atoms with Crippen LogP contribution in [-0.2, 0) is 29.6 Å². The maximum Gasteiger partial charge on any atom is 0.313 e. The van der Waals surface area contributed by atoms with E-state index in [1.165, 1.54) is 36.4 Å². The second-order valence-corrected chi connectivity index (χ2v) is 12.9. The lowest BCUT2D eigenvalue weighted by atomic mass is 10.1. The van der Waals surface area contributed by atoms with Gasteiger partial charge in [-0.1, -0.05) is 17.2 Å². The van der Waals surface area contributed by atoms with E-state index < -0.39 is 53.5 Å². The van der Waals surface area contributed by atoms with E-state index in [-0.39, 0.29) is 49.9 Å². The highest BCUT2D eigenvalue weighted by Gasteiger charge is 2.21. The largest absolute Gasteiger partial charge is 0.505 e. The van der Waals surface area contributed by atoms with Gasteiger partial charge in [-0.15, -0.1) is 24.8 Å². The molecule has 0 radical (unpaired) electrons. The average molecular weight is 737 g/mol. The van der Waals surface area contributed by atoms with Gasteiger partial charge < -0.3 is 16.2 Å². The maximum atomic E-state index is 13.6. The zero-order valence-corrected chi connectivity index (χ0v) is 26.3. The maximum absolute atomic E-state index is 13.6. The molecule has 0 fully saturated rings. The van der Waals surface area contributed by atoms with E-state index in [2.05, 4.69) is 45.1 Å². The number of nitrogens with zero attached hydrogens (tertiary/aromatic N) is 6. The van der Waals surface area contributed by atoms with Crippen LogP contribution in [0.5, 0.6) is 5.75 Å². The molecule has 0 aliphatic rings. The second-order valence-electron chi connectivity index (χ2n) is 9.37. The van der Waals surface area contributed by atoms with Crippen LogP contribution in [0.1, 0.15) is 0 Å². The first-order valence-electron chi connectivity index (χ1n) is 12.9. The third-order valence-electron chi connectivity index (χ3n) is 6.23. The lowest BCUT2D eigenvalue weighted by Crippen LogP contribution is -2.02.